The first-order valence-corrected chi connectivity index (χ1v) is 13.7. The summed E-state index contributed by atoms with van der Waals surface area (Å²) in [7, 11) is 3.80. The number of anilines is 4. The Hall–Kier alpha value is -5.13. The van der Waals surface area contributed by atoms with Crippen LogP contribution >= 0.6 is 0 Å². The van der Waals surface area contributed by atoms with E-state index in [1.165, 1.54) is 12.4 Å². The van der Waals surface area contributed by atoms with E-state index in [0.717, 1.165) is 42.9 Å². The number of fused-ring (bicyclic) bond motifs is 1. The van der Waals surface area contributed by atoms with Gasteiger partial charge in [-0.05, 0) is 61.7 Å². The molecule has 1 aliphatic carbocycles. The Morgan fingerprint density at radius 2 is 2.02 bits per heavy atom. The molecule has 2 aliphatic rings. The van der Waals surface area contributed by atoms with Gasteiger partial charge in [0, 0.05) is 50.4 Å². The van der Waals surface area contributed by atoms with Crippen LogP contribution in [0, 0.1) is 17.9 Å². The van der Waals surface area contributed by atoms with Gasteiger partial charge in [-0.1, -0.05) is 6.58 Å². The lowest BCUT2D eigenvalue weighted by Gasteiger charge is -2.60. The van der Waals surface area contributed by atoms with E-state index in [4.69, 9.17) is 15.3 Å². The predicted molar refractivity (Wildman–Crippen MR) is 161 cm³/mol. The summed E-state index contributed by atoms with van der Waals surface area (Å²) in [5.41, 5.74) is 11.9. The van der Waals surface area contributed by atoms with Crippen LogP contribution in [-0.2, 0) is 4.79 Å². The SMILES string of the molecule is C=CC(=O)N1CC2(CC(N(C)c3ncc4ncnc(Nc5ccc(Oc6ccc(NC)c(N=N)c6)c(C)c5)c4n3)C2)C1. The molecular weight excluding hydrogens is 532 g/mol. The number of nitrogens with one attached hydrogen (secondary N) is 3. The van der Waals surface area contributed by atoms with Crippen molar-refractivity contribution in [2.24, 2.45) is 10.5 Å². The van der Waals surface area contributed by atoms with Crippen molar-refractivity contribution in [1.29, 1.82) is 5.53 Å². The Morgan fingerprint density at radius 1 is 1.21 bits per heavy atom. The van der Waals surface area contributed by atoms with E-state index in [0.29, 0.717) is 46.0 Å². The lowest BCUT2D eigenvalue weighted by atomic mass is 9.60. The molecule has 4 aromatic rings. The van der Waals surface area contributed by atoms with Gasteiger partial charge in [0.1, 0.15) is 34.5 Å². The summed E-state index contributed by atoms with van der Waals surface area (Å²) in [4.78, 5) is 34.0. The summed E-state index contributed by atoms with van der Waals surface area (Å²) in [6, 6.07) is 11.5. The monoisotopic (exact) mass is 564 g/mol. The van der Waals surface area contributed by atoms with Gasteiger partial charge in [0.25, 0.3) is 0 Å². The Morgan fingerprint density at radius 3 is 2.74 bits per heavy atom. The Bertz CT molecular complexity index is 1690. The molecule has 2 aromatic carbocycles. The summed E-state index contributed by atoms with van der Waals surface area (Å²) in [6.07, 6.45) is 6.59. The second-order valence-electron chi connectivity index (χ2n) is 10.9. The summed E-state index contributed by atoms with van der Waals surface area (Å²) >= 11 is 0. The Balaban J connectivity index is 1.16. The molecule has 0 atom stereocenters. The minimum Gasteiger partial charge on any atom is -0.457 e. The second kappa shape index (κ2) is 10.7. The molecule has 2 aromatic heterocycles. The Labute approximate surface area is 243 Å². The molecule has 2 fully saturated rings. The van der Waals surface area contributed by atoms with Crippen LogP contribution in [0.25, 0.3) is 11.0 Å². The average molecular weight is 565 g/mol. The van der Waals surface area contributed by atoms with Crippen LogP contribution in [0.15, 0.2) is 66.7 Å². The number of hydrogen-bond donors (Lipinski definition) is 3. The van der Waals surface area contributed by atoms with Crippen LogP contribution < -0.4 is 20.3 Å². The number of hydrogen-bond acceptors (Lipinski definition) is 11. The van der Waals surface area contributed by atoms with Crippen molar-refractivity contribution < 1.29 is 9.53 Å². The fourth-order valence-electron chi connectivity index (χ4n) is 5.77. The zero-order valence-corrected chi connectivity index (χ0v) is 23.8. The van der Waals surface area contributed by atoms with Crippen LogP contribution in [0.5, 0.6) is 11.5 Å². The maximum absolute atomic E-state index is 11.8. The first kappa shape index (κ1) is 27.1. The maximum atomic E-state index is 11.8. The van der Waals surface area contributed by atoms with Gasteiger partial charge < -0.3 is 25.2 Å². The average Bonchev–Trinajstić information content (AvgIpc) is 2.96. The molecule has 1 saturated carbocycles. The van der Waals surface area contributed by atoms with E-state index in [9.17, 15) is 4.79 Å². The minimum atomic E-state index is 0.00217. The highest BCUT2D eigenvalue weighted by Crippen LogP contribution is 2.50. The number of aryl methyl sites for hydroxylation is 1. The number of aromatic nitrogens is 4. The maximum Gasteiger partial charge on any atom is 0.245 e. The Kier molecular flexibility index (Phi) is 6.89. The second-order valence-corrected chi connectivity index (χ2v) is 10.9. The molecule has 12 nitrogen and oxygen atoms in total. The van der Waals surface area contributed by atoms with E-state index < -0.39 is 0 Å². The van der Waals surface area contributed by atoms with Crippen LogP contribution in [0.4, 0.5) is 28.8 Å². The highest BCUT2D eigenvalue weighted by atomic mass is 16.5. The largest absolute Gasteiger partial charge is 0.457 e. The molecule has 0 bridgehead atoms. The van der Waals surface area contributed by atoms with Crippen LogP contribution in [-0.4, -0.2) is 64.0 Å². The van der Waals surface area contributed by atoms with Crippen molar-refractivity contribution in [1.82, 2.24) is 24.8 Å². The number of amides is 1. The molecule has 0 unspecified atom stereocenters. The van der Waals surface area contributed by atoms with E-state index >= 15 is 0 Å². The van der Waals surface area contributed by atoms with Crippen LogP contribution in [0.2, 0.25) is 0 Å². The minimum absolute atomic E-state index is 0.00217. The first-order valence-electron chi connectivity index (χ1n) is 13.7. The van der Waals surface area contributed by atoms with Crippen molar-refractivity contribution in [3.05, 3.63) is 67.1 Å². The van der Waals surface area contributed by atoms with Gasteiger partial charge in [0.15, 0.2) is 5.82 Å². The van der Waals surface area contributed by atoms with Crippen molar-refractivity contribution >= 4 is 45.8 Å². The highest BCUT2D eigenvalue weighted by molar-refractivity contribution is 5.88. The number of nitrogens with zero attached hydrogens (tertiary/aromatic N) is 7. The molecule has 1 spiro atoms. The zero-order valence-electron chi connectivity index (χ0n) is 23.8. The van der Waals surface area contributed by atoms with E-state index in [1.807, 2.05) is 49.2 Å². The molecule has 3 heterocycles. The number of ether oxygens (including phenoxy) is 1. The third-order valence-electron chi connectivity index (χ3n) is 8.13. The molecule has 0 radical (unpaired) electrons. The van der Waals surface area contributed by atoms with Crippen LogP contribution in [0.3, 0.4) is 0 Å². The smallest absolute Gasteiger partial charge is 0.245 e. The third-order valence-corrected chi connectivity index (χ3v) is 8.13. The summed E-state index contributed by atoms with van der Waals surface area (Å²) in [6.45, 7) is 7.12. The van der Waals surface area contributed by atoms with Crippen molar-refractivity contribution in [2.75, 3.05) is 42.7 Å². The van der Waals surface area contributed by atoms with Gasteiger partial charge in [-0.15, -0.1) is 0 Å². The normalized spacial score (nSPS) is 15.5. The van der Waals surface area contributed by atoms with Crippen molar-refractivity contribution in [2.45, 2.75) is 25.8 Å². The number of carbonyl (C=O) groups excluding carboxylic acids is 1. The van der Waals surface area contributed by atoms with Gasteiger partial charge in [0.2, 0.25) is 11.9 Å². The fourth-order valence-corrected chi connectivity index (χ4v) is 5.77. The van der Waals surface area contributed by atoms with Gasteiger partial charge >= 0.3 is 0 Å². The van der Waals surface area contributed by atoms with E-state index in [2.05, 4.69) is 42.2 Å². The van der Waals surface area contributed by atoms with E-state index in [1.54, 1.807) is 19.3 Å². The van der Waals surface area contributed by atoms with Crippen molar-refractivity contribution in [3.63, 3.8) is 0 Å². The van der Waals surface area contributed by atoms with Gasteiger partial charge in [-0.25, -0.2) is 25.5 Å². The van der Waals surface area contributed by atoms with Gasteiger partial charge in [-0.2, -0.15) is 5.11 Å². The van der Waals surface area contributed by atoms with Crippen molar-refractivity contribution in [3.8, 4) is 11.5 Å². The summed E-state index contributed by atoms with van der Waals surface area (Å²) in [5.74, 6) is 2.48. The van der Waals surface area contributed by atoms with Gasteiger partial charge in [-0.3, -0.25) is 4.79 Å². The molecule has 214 valence electrons. The van der Waals surface area contributed by atoms with Gasteiger partial charge in [0.05, 0.1) is 11.9 Å². The highest BCUT2D eigenvalue weighted by Gasteiger charge is 2.54. The zero-order chi connectivity index (χ0) is 29.4. The molecule has 6 rings (SSSR count). The molecular formula is C30H32N10O2. The topological polar surface area (TPSA) is 145 Å². The lowest BCUT2D eigenvalue weighted by Crippen LogP contribution is -2.67. The quantitative estimate of drug-likeness (QED) is 0.175. The third kappa shape index (κ3) is 4.95. The molecule has 1 amide bonds. The summed E-state index contributed by atoms with van der Waals surface area (Å²) in [5, 5.41) is 9.96. The lowest BCUT2D eigenvalue weighted by molar-refractivity contribution is -0.145. The predicted octanol–water partition coefficient (Wildman–Crippen LogP) is 5.58. The number of carbonyl (C=O) groups is 1. The summed E-state index contributed by atoms with van der Waals surface area (Å²) < 4.78 is 6.08. The standard InChI is InChI=1S/C30H32N10O2/c1-5-26(41)40-15-30(16-40)12-20(13-30)39(4)29-33-14-24-27(37-29)28(35-17-34-24)36-19-6-9-25(18(2)10-19)42-21-7-8-22(32-3)23(11-21)38-31/h5-11,14,17,20,31-32H,1,12-13,15-16H2,2-4H3,(H,34,35,36). The molecule has 1 saturated heterocycles. The molecule has 3 N–H and O–H groups in total. The number of likely N-dealkylation sites (tertiary alicyclic amines) is 1. The van der Waals surface area contributed by atoms with E-state index in [-0.39, 0.29) is 11.3 Å². The number of rotatable bonds is 9. The van der Waals surface area contributed by atoms with Crippen LogP contribution in [0.1, 0.15) is 18.4 Å². The fraction of sp³-hybridized carbons (Fsp3) is 0.300. The first-order chi connectivity index (χ1) is 20.3. The molecule has 1 aliphatic heterocycles. The molecule has 42 heavy (non-hydrogen) atoms. The number of benzene rings is 2. The molecule has 12 heteroatoms.